The molecule has 0 aliphatic carbocycles. The third-order valence-corrected chi connectivity index (χ3v) is 4.81. The van der Waals surface area contributed by atoms with Crippen molar-refractivity contribution in [2.45, 2.75) is 25.8 Å². The number of carbonyl (C=O) groups excluding carboxylic acids is 1. The van der Waals surface area contributed by atoms with Crippen molar-refractivity contribution in [3.05, 3.63) is 29.8 Å². The van der Waals surface area contributed by atoms with Gasteiger partial charge in [0.1, 0.15) is 12.4 Å². The highest BCUT2D eigenvalue weighted by molar-refractivity contribution is 5.79. The van der Waals surface area contributed by atoms with Crippen LogP contribution in [0.25, 0.3) is 0 Å². The number of benzene rings is 1. The molecule has 1 fully saturated rings. The van der Waals surface area contributed by atoms with E-state index in [9.17, 15) is 4.79 Å². The molecule has 126 valence electrons. The third kappa shape index (κ3) is 3.85. The first-order chi connectivity index (χ1) is 11.1. The minimum Gasteiger partial charge on any atom is -0.492 e. The van der Waals surface area contributed by atoms with Gasteiger partial charge < -0.3 is 14.8 Å². The summed E-state index contributed by atoms with van der Waals surface area (Å²) in [5, 5.41) is 3.12. The SMILES string of the molecule is CC(C)(CNC(=O)C1COc2ccccc2C1)N1CCOCC1. The number of hydrogen-bond acceptors (Lipinski definition) is 4. The maximum Gasteiger partial charge on any atom is 0.226 e. The van der Waals surface area contributed by atoms with Crippen molar-refractivity contribution in [2.24, 2.45) is 5.92 Å². The number of fused-ring (bicyclic) bond motifs is 1. The van der Waals surface area contributed by atoms with Crippen LogP contribution in [0.2, 0.25) is 0 Å². The van der Waals surface area contributed by atoms with Gasteiger partial charge in [0.05, 0.1) is 19.1 Å². The van der Waals surface area contributed by atoms with Crippen molar-refractivity contribution in [3.63, 3.8) is 0 Å². The van der Waals surface area contributed by atoms with E-state index in [1.807, 2.05) is 24.3 Å². The van der Waals surface area contributed by atoms with Crippen molar-refractivity contribution >= 4 is 5.91 Å². The zero-order chi connectivity index (χ0) is 16.3. The zero-order valence-electron chi connectivity index (χ0n) is 14.0. The van der Waals surface area contributed by atoms with E-state index in [-0.39, 0.29) is 17.4 Å². The average Bonchev–Trinajstić information content (AvgIpc) is 2.60. The molecule has 1 unspecified atom stereocenters. The van der Waals surface area contributed by atoms with Crippen molar-refractivity contribution in [1.82, 2.24) is 10.2 Å². The number of hydrogen-bond donors (Lipinski definition) is 1. The molecule has 2 aliphatic rings. The van der Waals surface area contributed by atoms with Gasteiger partial charge in [-0.1, -0.05) is 18.2 Å². The van der Waals surface area contributed by atoms with Crippen LogP contribution in [0.5, 0.6) is 5.75 Å². The summed E-state index contributed by atoms with van der Waals surface area (Å²) in [7, 11) is 0. The van der Waals surface area contributed by atoms with Crippen LogP contribution in [0.4, 0.5) is 0 Å². The number of para-hydroxylation sites is 1. The number of carbonyl (C=O) groups is 1. The van der Waals surface area contributed by atoms with E-state index in [4.69, 9.17) is 9.47 Å². The Bertz CT molecular complexity index is 553. The third-order valence-electron chi connectivity index (χ3n) is 4.81. The molecule has 1 saturated heterocycles. The molecule has 0 bridgehead atoms. The van der Waals surface area contributed by atoms with Gasteiger partial charge in [-0.2, -0.15) is 0 Å². The highest BCUT2D eigenvalue weighted by Crippen LogP contribution is 2.27. The second-order valence-corrected chi connectivity index (χ2v) is 6.95. The summed E-state index contributed by atoms with van der Waals surface area (Å²) >= 11 is 0. The Balaban J connectivity index is 1.53. The van der Waals surface area contributed by atoms with Gasteiger partial charge in [0.2, 0.25) is 5.91 Å². The van der Waals surface area contributed by atoms with E-state index in [0.717, 1.165) is 44.0 Å². The van der Waals surface area contributed by atoms with E-state index >= 15 is 0 Å². The summed E-state index contributed by atoms with van der Waals surface area (Å²) in [5.74, 6) is 0.886. The lowest BCUT2D eigenvalue weighted by atomic mass is 9.95. The van der Waals surface area contributed by atoms with Crippen LogP contribution in [0.15, 0.2) is 24.3 Å². The molecule has 2 aliphatic heterocycles. The lowest BCUT2D eigenvalue weighted by Gasteiger charge is -2.41. The van der Waals surface area contributed by atoms with Gasteiger partial charge in [-0.3, -0.25) is 9.69 Å². The monoisotopic (exact) mass is 318 g/mol. The molecular weight excluding hydrogens is 292 g/mol. The number of ether oxygens (including phenoxy) is 2. The predicted octanol–water partition coefficient (Wildman–Crippen LogP) is 1.46. The Morgan fingerprint density at radius 1 is 1.30 bits per heavy atom. The lowest BCUT2D eigenvalue weighted by Crippen LogP contribution is -2.56. The minimum absolute atomic E-state index is 0.0626. The van der Waals surface area contributed by atoms with Crippen LogP contribution in [-0.2, 0) is 16.0 Å². The fourth-order valence-electron chi connectivity index (χ4n) is 3.22. The molecule has 0 saturated carbocycles. The molecule has 0 spiro atoms. The lowest BCUT2D eigenvalue weighted by molar-refractivity contribution is -0.127. The normalized spacial score (nSPS) is 22.1. The standard InChI is InChI=1S/C18H26N2O3/c1-18(2,20-7-9-22-10-8-20)13-19-17(21)15-11-14-5-3-4-6-16(14)23-12-15/h3-6,15H,7-13H2,1-2H3,(H,19,21). The van der Waals surface area contributed by atoms with Crippen molar-refractivity contribution in [2.75, 3.05) is 39.5 Å². The van der Waals surface area contributed by atoms with Gasteiger partial charge in [-0.15, -0.1) is 0 Å². The molecule has 0 radical (unpaired) electrons. The fraction of sp³-hybridized carbons (Fsp3) is 0.611. The Hall–Kier alpha value is -1.59. The van der Waals surface area contributed by atoms with Crippen LogP contribution >= 0.6 is 0 Å². The number of rotatable bonds is 4. The van der Waals surface area contributed by atoms with Gasteiger partial charge in [0.25, 0.3) is 0 Å². The fourth-order valence-corrected chi connectivity index (χ4v) is 3.22. The topological polar surface area (TPSA) is 50.8 Å². The quantitative estimate of drug-likeness (QED) is 0.913. The number of nitrogens with zero attached hydrogens (tertiary/aromatic N) is 1. The molecule has 23 heavy (non-hydrogen) atoms. The van der Waals surface area contributed by atoms with Crippen LogP contribution in [0.3, 0.4) is 0 Å². The molecule has 1 amide bonds. The van der Waals surface area contributed by atoms with Crippen LogP contribution < -0.4 is 10.1 Å². The molecule has 1 N–H and O–H groups in total. The van der Waals surface area contributed by atoms with Crippen molar-refractivity contribution < 1.29 is 14.3 Å². The van der Waals surface area contributed by atoms with Crippen LogP contribution in [0.1, 0.15) is 19.4 Å². The first-order valence-electron chi connectivity index (χ1n) is 8.37. The molecule has 1 atom stereocenters. The molecular formula is C18H26N2O3. The van der Waals surface area contributed by atoms with Gasteiger partial charge in [0, 0.05) is 25.2 Å². The van der Waals surface area contributed by atoms with E-state index in [1.165, 1.54) is 0 Å². The number of morpholine rings is 1. The van der Waals surface area contributed by atoms with Crippen LogP contribution in [-0.4, -0.2) is 55.8 Å². The highest BCUT2D eigenvalue weighted by Gasteiger charge is 2.31. The number of amides is 1. The van der Waals surface area contributed by atoms with Gasteiger partial charge >= 0.3 is 0 Å². The van der Waals surface area contributed by atoms with Gasteiger partial charge in [-0.05, 0) is 31.9 Å². The van der Waals surface area contributed by atoms with Gasteiger partial charge in [0.15, 0.2) is 0 Å². The summed E-state index contributed by atoms with van der Waals surface area (Å²) in [6.45, 7) is 8.82. The van der Waals surface area contributed by atoms with E-state index in [0.29, 0.717) is 13.2 Å². The molecule has 1 aromatic carbocycles. The van der Waals surface area contributed by atoms with E-state index < -0.39 is 0 Å². The number of nitrogens with one attached hydrogen (secondary N) is 1. The first-order valence-corrected chi connectivity index (χ1v) is 8.37. The first kappa shape index (κ1) is 16.3. The summed E-state index contributed by atoms with van der Waals surface area (Å²) in [4.78, 5) is 14.9. The Kier molecular flexibility index (Phi) is 4.87. The average molecular weight is 318 g/mol. The minimum atomic E-state index is -0.106. The Morgan fingerprint density at radius 3 is 2.83 bits per heavy atom. The molecule has 3 rings (SSSR count). The summed E-state index contributed by atoms with van der Waals surface area (Å²) < 4.78 is 11.1. The maximum absolute atomic E-state index is 12.5. The maximum atomic E-state index is 12.5. The predicted molar refractivity (Wildman–Crippen MR) is 88.6 cm³/mol. The molecule has 1 aromatic rings. The van der Waals surface area contributed by atoms with Crippen molar-refractivity contribution in [1.29, 1.82) is 0 Å². The highest BCUT2D eigenvalue weighted by atomic mass is 16.5. The second kappa shape index (κ2) is 6.89. The summed E-state index contributed by atoms with van der Waals surface area (Å²) in [6.07, 6.45) is 0.750. The van der Waals surface area contributed by atoms with E-state index in [2.05, 4.69) is 24.1 Å². The second-order valence-electron chi connectivity index (χ2n) is 6.95. The summed E-state index contributed by atoms with van der Waals surface area (Å²) in [6, 6.07) is 7.95. The Labute approximate surface area is 137 Å². The Morgan fingerprint density at radius 2 is 2.04 bits per heavy atom. The smallest absolute Gasteiger partial charge is 0.226 e. The van der Waals surface area contributed by atoms with E-state index in [1.54, 1.807) is 0 Å². The van der Waals surface area contributed by atoms with Crippen molar-refractivity contribution in [3.8, 4) is 5.75 Å². The molecule has 5 nitrogen and oxygen atoms in total. The van der Waals surface area contributed by atoms with Crippen LogP contribution in [0, 0.1) is 5.92 Å². The zero-order valence-corrected chi connectivity index (χ0v) is 14.0. The molecule has 0 aromatic heterocycles. The summed E-state index contributed by atoms with van der Waals surface area (Å²) in [5.41, 5.74) is 1.05. The largest absolute Gasteiger partial charge is 0.492 e. The molecule has 2 heterocycles. The van der Waals surface area contributed by atoms with Gasteiger partial charge in [-0.25, -0.2) is 0 Å². The molecule has 5 heteroatoms.